The number of methoxy groups -OCH3 is 1. The largest absolute Gasteiger partial charge is 0.497 e. The Labute approximate surface area is 165 Å². The van der Waals surface area contributed by atoms with Gasteiger partial charge in [-0.15, -0.1) is 22.0 Å². The van der Waals surface area contributed by atoms with Gasteiger partial charge in [-0.25, -0.2) is 0 Å². The van der Waals surface area contributed by atoms with Crippen LogP contribution < -0.4 is 15.6 Å². The van der Waals surface area contributed by atoms with Crippen LogP contribution in [0.2, 0.25) is 0 Å². The zero-order valence-corrected chi connectivity index (χ0v) is 15.8. The van der Waals surface area contributed by atoms with Crippen molar-refractivity contribution in [3.63, 3.8) is 0 Å². The minimum atomic E-state index is -0.459. The Morgan fingerprint density at radius 1 is 1.04 bits per heavy atom. The predicted octanol–water partition coefficient (Wildman–Crippen LogP) is 1.29. The number of hydrogen-bond acceptors (Lipinski definition) is 7. The molecule has 1 aromatic heterocycles. The van der Waals surface area contributed by atoms with Crippen molar-refractivity contribution in [1.82, 2.24) is 31.1 Å². The Bertz CT molecular complexity index is 930. The van der Waals surface area contributed by atoms with E-state index in [2.05, 4.69) is 26.3 Å². The van der Waals surface area contributed by atoms with E-state index < -0.39 is 5.91 Å². The van der Waals surface area contributed by atoms with Gasteiger partial charge >= 0.3 is 0 Å². The number of aromatic nitrogens is 4. The number of rotatable bonds is 7. The van der Waals surface area contributed by atoms with Crippen molar-refractivity contribution in [2.45, 2.75) is 11.4 Å². The van der Waals surface area contributed by atoms with Crippen LogP contribution in [-0.4, -0.2) is 44.9 Å². The molecule has 3 rings (SSSR count). The Hall–Kier alpha value is -3.40. The second kappa shape index (κ2) is 9.51. The molecule has 0 bridgehead atoms. The molecule has 0 aliphatic carbocycles. The quantitative estimate of drug-likeness (QED) is 0.456. The molecule has 144 valence electrons. The number of carbonyl (C=O) groups excluding carboxylic acids is 2. The monoisotopic (exact) mass is 398 g/mol. The van der Waals surface area contributed by atoms with Gasteiger partial charge in [0.1, 0.15) is 12.3 Å². The predicted molar refractivity (Wildman–Crippen MR) is 103 cm³/mol. The fraction of sp³-hybridized carbons (Fsp3) is 0.167. The molecule has 3 aromatic rings. The zero-order chi connectivity index (χ0) is 19.8. The number of thioether (sulfide) groups is 1. The van der Waals surface area contributed by atoms with Gasteiger partial charge in [-0.3, -0.25) is 20.4 Å². The van der Waals surface area contributed by atoms with Crippen LogP contribution in [0.4, 0.5) is 0 Å². The van der Waals surface area contributed by atoms with Crippen LogP contribution in [0.15, 0.2) is 59.5 Å². The molecular weight excluding hydrogens is 380 g/mol. The third-order valence-corrected chi connectivity index (χ3v) is 4.55. The summed E-state index contributed by atoms with van der Waals surface area (Å²) in [5.74, 6) is 0.545. The Balaban J connectivity index is 1.41. The second-order valence-corrected chi connectivity index (χ2v) is 6.62. The lowest BCUT2D eigenvalue weighted by Gasteiger charge is -2.07. The molecule has 2 amide bonds. The SMILES string of the molecule is COc1ccc(SCC(=O)NNC(=O)Cn2nnc(-c3ccccc3)n2)cc1. The molecular formula is C18H18N6O3S. The molecule has 2 aromatic carbocycles. The first-order valence-corrected chi connectivity index (χ1v) is 9.30. The van der Waals surface area contributed by atoms with Crippen LogP contribution in [0, 0.1) is 0 Å². The smallest absolute Gasteiger partial charge is 0.262 e. The van der Waals surface area contributed by atoms with Gasteiger partial charge in [0.15, 0.2) is 0 Å². The molecule has 0 unspecified atom stereocenters. The molecule has 0 atom stereocenters. The molecule has 2 N–H and O–H groups in total. The van der Waals surface area contributed by atoms with Crippen molar-refractivity contribution in [3.8, 4) is 17.1 Å². The van der Waals surface area contributed by atoms with Gasteiger partial charge in [-0.05, 0) is 29.5 Å². The molecule has 0 aliphatic heterocycles. The van der Waals surface area contributed by atoms with E-state index in [0.29, 0.717) is 5.82 Å². The van der Waals surface area contributed by atoms with Crippen LogP contribution in [0.25, 0.3) is 11.4 Å². The van der Waals surface area contributed by atoms with E-state index in [9.17, 15) is 9.59 Å². The minimum Gasteiger partial charge on any atom is -0.497 e. The van der Waals surface area contributed by atoms with Gasteiger partial charge in [0.05, 0.1) is 12.9 Å². The molecule has 9 nitrogen and oxygen atoms in total. The van der Waals surface area contributed by atoms with Crippen LogP contribution in [0.3, 0.4) is 0 Å². The average molecular weight is 398 g/mol. The molecule has 0 aliphatic rings. The molecule has 1 heterocycles. The summed E-state index contributed by atoms with van der Waals surface area (Å²) in [5, 5.41) is 11.9. The highest BCUT2D eigenvalue weighted by molar-refractivity contribution is 8.00. The second-order valence-electron chi connectivity index (χ2n) is 5.57. The Morgan fingerprint density at radius 2 is 1.75 bits per heavy atom. The number of ether oxygens (including phenoxy) is 1. The summed E-state index contributed by atoms with van der Waals surface area (Å²) >= 11 is 1.35. The molecule has 0 saturated carbocycles. The fourth-order valence-electron chi connectivity index (χ4n) is 2.18. The van der Waals surface area contributed by atoms with Crippen LogP contribution in [-0.2, 0) is 16.1 Å². The van der Waals surface area contributed by atoms with Crippen molar-refractivity contribution in [1.29, 1.82) is 0 Å². The fourth-order valence-corrected chi connectivity index (χ4v) is 2.88. The van der Waals surface area contributed by atoms with E-state index in [1.807, 2.05) is 54.6 Å². The maximum atomic E-state index is 11.9. The van der Waals surface area contributed by atoms with Gasteiger partial charge < -0.3 is 4.74 Å². The summed E-state index contributed by atoms with van der Waals surface area (Å²) in [5.41, 5.74) is 5.50. The highest BCUT2D eigenvalue weighted by Crippen LogP contribution is 2.20. The number of amides is 2. The van der Waals surface area contributed by atoms with Crippen molar-refractivity contribution in [3.05, 3.63) is 54.6 Å². The molecule has 0 radical (unpaired) electrons. The molecule has 0 fully saturated rings. The van der Waals surface area contributed by atoms with Gasteiger partial charge in [-0.1, -0.05) is 30.3 Å². The number of hydrazine groups is 1. The van der Waals surface area contributed by atoms with Crippen molar-refractivity contribution < 1.29 is 14.3 Å². The van der Waals surface area contributed by atoms with E-state index in [4.69, 9.17) is 4.74 Å². The van der Waals surface area contributed by atoms with Crippen LogP contribution in [0.5, 0.6) is 5.75 Å². The first-order valence-electron chi connectivity index (χ1n) is 8.32. The van der Waals surface area contributed by atoms with E-state index in [-0.39, 0.29) is 18.2 Å². The summed E-state index contributed by atoms with van der Waals surface area (Å²) in [6, 6.07) is 16.7. The Kier molecular flexibility index (Phi) is 6.58. The van der Waals surface area contributed by atoms with Crippen molar-refractivity contribution >= 4 is 23.6 Å². The minimum absolute atomic E-state index is 0.159. The van der Waals surface area contributed by atoms with Gasteiger partial charge in [0.25, 0.3) is 5.91 Å². The summed E-state index contributed by atoms with van der Waals surface area (Å²) in [4.78, 5) is 25.9. The Morgan fingerprint density at radius 3 is 2.46 bits per heavy atom. The first-order chi connectivity index (χ1) is 13.6. The summed E-state index contributed by atoms with van der Waals surface area (Å²) < 4.78 is 5.08. The first kappa shape index (κ1) is 19.4. The molecule has 0 spiro atoms. The lowest BCUT2D eigenvalue weighted by Crippen LogP contribution is -2.44. The van der Waals surface area contributed by atoms with Gasteiger partial charge in [0, 0.05) is 10.5 Å². The number of nitrogens with zero attached hydrogens (tertiary/aromatic N) is 4. The average Bonchev–Trinajstić information content (AvgIpc) is 3.20. The van der Waals surface area contributed by atoms with Crippen molar-refractivity contribution in [2.75, 3.05) is 12.9 Å². The molecule has 0 saturated heterocycles. The summed E-state index contributed by atoms with van der Waals surface area (Å²) in [6.07, 6.45) is 0. The highest BCUT2D eigenvalue weighted by atomic mass is 32.2. The number of nitrogens with one attached hydrogen (secondary N) is 2. The maximum Gasteiger partial charge on any atom is 0.262 e. The lowest BCUT2D eigenvalue weighted by molar-refractivity contribution is -0.128. The standard InChI is InChI=1S/C18H18N6O3S/c1-27-14-7-9-15(10-8-14)28-12-17(26)20-19-16(25)11-24-22-18(21-23-24)13-5-3-2-4-6-13/h2-10H,11-12H2,1H3,(H,19,25)(H,20,26). The maximum absolute atomic E-state index is 11.9. The van der Waals surface area contributed by atoms with Crippen molar-refractivity contribution in [2.24, 2.45) is 0 Å². The number of hydrogen-bond donors (Lipinski definition) is 2. The van der Waals surface area contributed by atoms with E-state index in [1.165, 1.54) is 11.8 Å². The summed E-state index contributed by atoms with van der Waals surface area (Å²) in [7, 11) is 1.59. The van der Waals surface area contributed by atoms with E-state index >= 15 is 0 Å². The van der Waals surface area contributed by atoms with Crippen LogP contribution in [0.1, 0.15) is 0 Å². The van der Waals surface area contributed by atoms with Crippen LogP contribution >= 0.6 is 11.8 Å². The normalized spacial score (nSPS) is 10.3. The van der Waals surface area contributed by atoms with E-state index in [1.54, 1.807) is 7.11 Å². The van der Waals surface area contributed by atoms with Gasteiger partial charge in [-0.2, -0.15) is 4.80 Å². The third kappa shape index (κ3) is 5.55. The van der Waals surface area contributed by atoms with E-state index in [0.717, 1.165) is 21.0 Å². The zero-order valence-electron chi connectivity index (χ0n) is 15.0. The summed E-state index contributed by atoms with van der Waals surface area (Å²) in [6.45, 7) is -0.161. The molecule has 28 heavy (non-hydrogen) atoms. The number of tetrazole rings is 1. The topological polar surface area (TPSA) is 111 Å². The highest BCUT2D eigenvalue weighted by Gasteiger charge is 2.10. The lowest BCUT2D eigenvalue weighted by atomic mass is 10.2. The van der Waals surface area contributed by atoms with Gasteiger partial charge in [0.2, 0.25) is 11.7 Å². The number of benzene rings is 2. The third-order valence-electron chi connectivity index (χ3n) is 3.54. The molecule has 10 heteroatoms. The number of carbonyl (C=O) groups is 2.